The number of fused-ring (bicyclic) bond motifs is 21. The number of para-hydroxylation sites is 7. The molecule has 0 unspecified atom stereocenters. The predicted molar refractivity (Wildman–Crippen MR) is 610 cm³/mol. The van der Waals surface area contributed by atoms with E-state index in [4.69, 9.17) is 0 Å². The van der Waals surface area contributed by atoms with Crippen molar-refractivity contribution in [1.82, 2.24) is 27.4 Å². The van der Waals surface area contributed by atoms with Crippen molar-refractivity contribution >= 4 is 163 Å². The monoisotopic (exact) mass is 1830 g/mol. The van der Waals surface area contributed by atoms with E-state index < -0.39 is 0 Å². The van der Waals surface area contributed by atoms with Gasteiger partial charge in [0.05, 0.1) is 77.6 Å². The Morgan fingerprint density at radius 2 is 0.333 bits per heavy atom. The Bertz CT molecular complexity index is 10400. The van der Waals surface area contributed by atoms with Gasteiger partial charge in [-0.1, -0.05) is 376 Å². The minimum absolute atomic E-state index is 1.16. The van der Waals surface area contributed by atoms with Crippen molar-refractivity contribution in [3.8, 4) is 101 Å². The molecule has 6 aromatic heterocycles. The molecule has 0 radical (unpaired) electrons. The third-order valence-corrected chi connectivity index (χ3v) is 29.7. The summed E-state index contributed by atoms with van der Waals surface area (Å²) in [4.78, 5) is 0. The van der Waals surface area contributed by atoms with Crippen LogP contribution in [0.3, 0.4) is 0 Å². The molecule has 0 aliphatic carbocycles. The highest BCUT2D eigenvalue weighted by atomic mass is 15.0. The number of nitrogens with zero attached hydrogens (tertiary/aromatic N) is 6. The van der Waals surface area contributed by atoms with Crippen LogP contribution in [0, 0.1) is 0 Å². The lowest BCUT2D eigenvalue weighted by molar-refractivity contribution is 1.18. The van der Waals surface area contributed by atoms with Gasteiger partial charge in [-0.05, 0) is 258 Å². The molecule has 672 valence electrons. The fraction of sp³-hybridized carbons (Fsp3) is 0. The van der Waals surface area contributed by atoms with Crippen LogP contribution < -0.4 is 0 Å². The number of hydrogen-bond acceptors (Lipinski definition) is 0. The second-order valence-electron chi connectivity index (χ2n) is 37.8. The molecule has 6 nitrogen and oxygen atoms in total. The normalized spacial score (nSPS) is 11.8. The van der Waals surface area contributed by atoms with E-state index in [9.17, 15) is 0 Å². The first-order valence-electron chi connectivity index (χ1n) is 49.6. The molecule has 0 spiro atoms. The lowest BCUT2D eigenvalue weighted by Crippen LogP contribution is -1.97. The standard InChI is InChI=1S/3C46H30N2/c1-2-13-31(14-3-1)35-18-6-9-21-41(35)47-43-22-10-7-19-37(43)39-29-33(25-27-45(39)47)34-26-28-46-40(30-34)38-20-8-11-23-44(38)48(46)42-24-12-16-32-15-4-5-17-36(32)42;1-2-11-31(12-3-1)34-15-10-16-37(27-34)47-43-19-8-6-17-39(43)41-29-35(22-25-45(41)47)36-23-26-46-42(30-36)40-18-7-9-20-44(40)48(46)38-24-21-32-13-4-5-14-33(32)28-38;1-2-10-31(11-3-1)33-18-23-37(24-19-33)47-43-16-8-6-14-39(43)41-29-35(21-26-45(41)47)36-22-27-46-42(30-36)40-15-7-9-17-44(40)48(46)38-25-20-32-12-4-5-13-34(32)28-38/h3*1-30H. The molecule has 0 N–H and O–H groups in total. The van der Waals surface area contributed by atoms with E-state index >= 15 is 0 Å². The van der Waals surface area contributed by atoms with Crippen LogP contribution in [0.5, 0.6) is 0 Å². The van der Waals surface area contributed by atoms with Crippen molar-refractivity contribution in [1.29, 1.82) is 0 Å². The van der Waals surface area contributed by atoms with Crippen molar-refractivity contribution in [2.75, 3.05) is 0 Å². The molecule has 6 heteroatoms. The first kappa shape index (κ1) is 83.1. The van der Waals surface area contributed by atoms with Gasteiger partial charge in [-0.3, -0.25) is 0 Å². The van der Waals surface area contributed by atoms with E-state index in [1.54, 1.807) is 0 Å². The summed E-state index contributed by atoms with van der Waals surface area (Å²) < 4.78 is 14.5. The van der Waals surface area contributed by atoms with Crippen LogP contribution in [0.4, 0.5) is 0 Å². The van der Waals surface area contributed by atoms with Crippen molar-refractivity contribution in [3.63, 3.8) is 0 Å². The fourth-order valence-electron chi connectivity index (χ4n) is 23.0. The third kappa shape index (κ3) is 14.0. The minimum atomic E-state index is 1.16. The van der Waals surface area contributed by atoms with Crippen molar-refractivity contribution < 1.29 is 0 Å². The maximum atomic E-state index is 2.43. The summed E-state index contributed by atoms with van der Waals surface area (Å²) in [5.41, 5.74) is 36.3. The van der Waals surface area contributed by atoms with Crippen molar-refractivity contribution in [3.05, 3.63) is 546 Å². The molecule has 6 heterocycles. The molecule has 0 saturated heterocycles. The van der Waals surface area contributed by atoms with Gasteiger partial charge >= 0.3 is 0 Å². The first-order valence-corrected chi connectivity index (χ1v) is 49.6. The van der Waals surface area contributed by atoms with E-state index in [1.807, 2.05) is 0 Å². The molecule has 0 atom stereocenters. The van der Waals surface area contributed by atoms with Gasteiger partial charge < -0.3 is 27.4 Å². The lowest BCUT2D eigenvalue weighted by Gasteiger charge is -2.14. The van der Waals surface area contributed by atoms with E-state index in [1.165, 1.54) is 258 Å². The maximum Gasteiger partial charge on any atom is 0.0541 e. The van der Waals surface area contributed by atoms with Gasteiger partial charge in [0, 0.05) is 98.3 Å². The smallest absolute Gasteiger partial charge is 0.0541 e. The summed E-state index contributed by atoms with van der Waals surface area (Å²) in [6.07, 6.45) is 0. The van der Waals surface area contributed by atoms with Gasteiger partial charge in [-0.25, -0.2) is 0 Å². The topological polar surface area (TPSA) is 29.6 Å². The Balaban J connectivity index is 0.000000105. The Kier molecular flexibility index (Phi) is 19.9. The molecule has 0 saturated carbocycles. The zero-order valence-corrected chi connectivity index (χ0v) is 78.6. The zero-order valence-electron chi connectivity index (χ0n) is 78.6. The molecule has 0 aliphatic rings. The molecular formula is C138H90N6. The maximum absolute atomic E-state index is 2.43. The molecular weight excluding hydrogens is 1740 g/mol. The molecule has 144 heavy (non-hydrogen) atoms. The second kappa shape index (κ2) is 34.5. The third-order valence-electron chi connectivity index (χ3n) is 29.7. The average Bonchev–Trinajstić information content (AvgIpc) is 1.57. The molecule has 30 rings (SSSR count). The first-order chi connectivity index (χ1) is 71.4. The number of aromatic nitrogens is 6. The predicted octanol–water partition coefficient (Wildman–Crippen LogP) is 37.1. The highest BCUT2D eigenvalue weighted by molar-refractivity contribution is 6.18. The van der Waals surface area contributed by atoms with Crippen LogP contribution in [0.15, 0.2) is 546 Å². The summed E-state index contributed by atoms with van der Waals surface area (Å²) in [6, 6.07) is 199. The number of hydrogen-bond donors (Lipinski definition) is 0. The summed E-state index contributed by atoms with van der Waals surface area (Å²) >= 11 is 0. The Morgan fingerprint density at radius 1 is 0.0972 bits per heavy atom. The van der Waals surface area contributed by atoms with E-state index in [0.717, 1.165) is 5.69 Å². The highest BCUT2D eigenvalue weighted by Gasteiger charge is 2.24. The van der Waals surface area contributed by atoms with Gasteiger partial charge in [0.15, 0.2) is 0 Å². The molecule has 0 fully saturated rings. The minimum Gasteiger partial charge on any atom is -0.309 e. The van der Waals surface area contributed by atoms with E-state index in [-0.39, 0.29) is 0 Å². The highest BCUT2D eigenvalue weighted by Crippen LogP contribution is 2.47. The fourth-order valence-corrected chi connectivity index (χ4v) is 23.0. The van der Waals surface area contributed by atoms with Crippen molar-refractivity contribution in [2.45, 2.75) is 0 Å². The number of rotatable bonds is 12. The largest absolute Gasteiger partial charge is 0.309 e. The van der Waals surface area contributed by atoms with Gasteiger partial charge in [0.2, 0.25) is 0 Å². The summed E-state index contributed by atoms with van der Waals surface area (Å²) in [6.45, 7) is 0. The van der Waals surface area contributed by atoms with E-state index in [2.05, 4.69) is 573 Å². The van der Waals surface area contributed by atoms with Gasteiger partial charge in [-0.2, -0.15) is 0 Å². The van der Waals surface area contributed by atoms with Crippen LogP contribution in [-0.2, 0) is 0 Å². The van der Waals surface area contributed by atoms with Crippen molar-refractivity contribution in [2.24, 2.45) is 0 Å². The molecule has 0 aliphatic heterocycles. The van der Waals surface area contributed by atoms with Crippen LogP contribution in [0.2, 0.25) is 0 Å². The average molecular weight is 1830 g/mol. The Hall–Kier alpha value is -19.1. The van der Waals surface area contributed by atoms with Gasteiger partial charge in [0.25, 0.3) is 0 Å². The van der Waals surface area contributed by atoms with Gasteiger partial charge in [0.1, 0.15) is 0 Å². The SMILES string of the molecule is c1ccc(-c2ccc(-n3c4ccccc4c4cc(-c5ccc6c(c5)c5ccccc5n6-c5ccc6ccccc6c5)ccc43)cc2)cc1.c1ccc(-c2cccc(-n3c4ccccc4c4cc(-c5ccc6c(c5)c5ccccc5n6-c5ccc6ccccc6c5)ccc43)c2)cc1.c1ccc(-c2ccccc2-n2c3ccccc3c3cc(-c4ccc5c(c4)c4ccccc4n5-c4cccc5ccccc45)ccc32)cc1. The molecule has 0 bridgehead atoms. The summed E-state index contributed by atoms with van der Waals surface area (Å²) in [7, 11) is 0. The van der Waals surface area contributed by atoms with Gasteiger partial charge in [-0.15, -0.1) is 0 Å². The molecule has 30 aromatic rings. The Morgan fingerprint density at radius 3 is 0.736 bits per heavy atom. The molecule has 24 aromatic carbocycles. The lowest BCUT2D eigenvalue weighted by atomic mass is 10.0. The summed E-state index contributed by atoms with van der Waals surface area (Å²) in [5.74, 6) is 0. The Labute approximate surface area is 831 Å². The summed E-state index contributed by atoms with van der Waals surface area (Å²) in [5, 5.41) is 22.6. The van der Waals surface area contributed by atoms with Crippen LogP contribution in [0.25, 0.3) is 264 Å². The zero-order chi connectivity index (χ0) is 94.8. The van der Waals surface area contributed by atoms with Crippen LogP contribution >= 0.6 is 0 Å². The quantitative estimate of drug-likeness (QED) is 0.117. The second-order valence-corrected chi connectivity index (χ2v) is 37.8. The number of benzene rings is 24. The van der Waals surface area contributed by atoms with Crippen LogP contribution in [0.1, 0.15) is 0 Å². The molecule has 0 amide bonds. The van der Waals surface area contributed by atoms with E-state index in [0.29, 0.717) is 0 Å². The van der Waals surface area contributed by atoms with Crippen LogP contribution in [-0.4, -0.2) is 27.4 Å².